The Bertz CT molecular complexity index is 359. The highest BCUT2D eigenvalue weighted by Crippen LogP contribution is 2.22. The van der Waals surface area contributed by atoms with Gasteiger partial charge in [0.2, 0.25) is 6.29 Å². The fourth-order valence-corrected chi connectivity index (χ4v) is 1.77. The third-order valence-corrected chi connectivity index (χ3v) is 2.63. The van der Waals surface area contributed by atoms with Crippen molar-refractivity contribution < 1.29 is 14.3 Å². The van der Waals surface area contributed by atoms with Gasteiger partial charge in [-0.2, -0.15) is 0 Å². The first-order chi connectivity index (χ1) is 7.66. The van der Waals surface area contributed by atoms with Crippen molar-refractivity contribution in [1.29, 1.82) is 0 Å². The second kappa shape index (κ2) is 4.66. The molecule has 1 aliphatic rings. The molecule has 0 aliphatic carbocycles. The molecule has 0 N–H and O–H groups in total. The monoisotopic (exact) mass is 220 g/mol. The Morgan fingerprint density at radius 3 is 2.50 bits per heavy atom. The Labute approximate surface area is 95.4 Å². The summed E-state index contributed by atoms with van der Waals surface area (Å²) >= 11 is 0. The van der Waals surface area contributed by atoms with Gasteiger partial charge in [0.1, 0.15) is 0 Å². The first-order valence-corrected chi connectivity index (χ1v) is 5.56. The van der Waals surface area contributed by atoms with E-state index in [4.69, 9.17) is 9.47 Å². The molecule has 0 radical (unpaired) electrons. The maximum absolute atomic E-state index is 11.5. The normalized spacial score (nSPS) is 24.8. The minimum Gasteiger partial charge on any atom is -0.433 e. The summed E-state index contributed by atoms with van der Waals surface area (Å²) in [5.74, 6) is -0.0794. The van der Waals surface area contributed by atoms with Crippen LogP contribution in [-0.4, -0.2) is 18.4 Å². The molecule has 0 aromatic heterocycles. The zero-order chi connectivity index (χ0) is 11.5. The molecule has 1 saturated heterocycles. The summed E-state index contributed by atoms with van der Waals surface area (Å²) in [4.78, 5) is 11.5. The lowest BCUT2D eigenvalue weighted by molar-refractivity contribution is -0.143. The topological polar surface area (TPSA) is 35.5 Å². The molecule has 0 amide bonds. The standard InChI is InChI=1S/C13H16O3/c1-9(2)12-13(14)16-11(15-12)8-10-6-4-3-5-7-10/h3-7,9,11-12H,8H2,1-2H3/t11?,12-/m0/s1. The zero-order valence-corrected chi connectivity index (χ0v) is 9.55. The van der Waals surface area contributed by atoms with E-state index in [0.29, 0.717) is 6.42 Å². The van der Waals surface area contributed by atoms with E-state index in [0.717, 1.165) is 5.56 Å². The molecule has 3 heteroatoms. The molecule has 2 rings (SSSR count). The van der Waals surface area contributed by atoms with Crippen molar-refractivity contribution in [2.45, 2.75) is 32.7 Å². The van der Waals surface area contributed by atoms with E-state index in [1.165, 1.54) is 0 Å². The van der Waals surface area contributed by atoms with E-state index in [-0.39, 0.29) is 11.9 Å². The minimum absolute atomic E-state index is 0.160. The largest absolute Gasteiger partial charge is 0.433 e. The van der Waals surface area contributed by atoms with Crippen LogP contribution in [0.2, 0.25) is 0 Å². The smallest absolute Gasteiger partial charge is 0.338 e. The number of carbonyl (C=O) groups excluding carboxylic acids is 1. The highest BCUT2D eigenvalue weighted by molar-refractivity contribution is 5.76. The summed E-state index contributed by atoms with van der Waals surface area (Å²) in [6.07, 6.45) is -0.216. The van der Waals surface area contributed by atoms with Crippen LogP contribution in [0, 0.1) is 5.92 Å². The molecule has 1 heterocycles. The Balaban J connectivity index is 1.97. The van der Waals surface area contributed by atoms with Crippen LogP contribution in [0.3, 0.4) is 0 Å². The summed E-state index contributed by atoms with van der Waals surface area (Å²) < 4.78 is 10.7. The molecule has 1 unspecified atom stereocenters. The first-order valence-electron chi connectivity index (χ1n) is 5.56. The van der Waals surface area contributed by atoms with Gasteiger partial charge < -0.3 is 9.47 Å². The van der Waals surface area contributed by atoms with Crippen molar-refractivity contribution in [3.8, 4) is 0 Å². The van der Waals surface area contributed by atoms with Crippen LogP contribution < -0.4 is 0 Å². The molecule has 1 aromatic carbocycles. The second-order valence-electron chi connectivity index (χ2n) is 4.36. The van der Waals surface area contributed by atoms with E-state index >= 15 is 0 Å². The quantitative estimate of drug-likeness (QED) is 0.732. The number of carbonyl (C=O) groups is 1. The van der Waals surface area contributed by atoms with Gasteiger partial charge in [-0.1, -0.05) is 44.2 Å². The second-order valence-corrected chi connectivity index (χ2v) is 4.36. The summed E-state index contributed by atoms with van der Waals surface area (Å²) in [6.45, 7) is 3.91. The Morgan fingerprint density at radius 2 is 1.94 bits per heavy atom. The van der Waals surface area contributed by atoms with Gasteiger partial charge in [0.15, 0.2) is 6.10 Å². The van der Waals surface area contributed by atoms with Gasteiger partial charge in [0.25, 0.3) is 0 Å². The van der Waals surface area contributed by atoms with Crippen LogP contribution >= 0.6 is 0 Å². The van der Waals surface area contributed by atoms with Crippen LogP contribution in [0.15, 0.2) is 30.3 Å². The molecule has 2 atom stereocenters. The van der Waals surface area contributed by atoms with E-state index in [9.17, 15) is 4.79 Å². The van der Waals surface area contributed by atoms with Crippen molar-refractivity contribution in [2.75, 3.05) is 0 Å². The molecule has 3 nitrogen and oxygen atoms in total. The molecule has 86 valence electrons. The number of hydrogen-bond donors (Lipinski definition) is 0. The lowest BCUT2D eigenvalue weighted by atomic mass is 10.1. The molecule has 0 saturated carbocycles. The number of rotatable bonds is 3. The molecule has 1 fully saturated rings. The van der Waals surface area contributed by atoms with Gasteiger partial charge in [-0.05, 0) is 11.5 Å². The first kappa shape index (κ1) is 11.1. The lowest BCUT2D eigenvalue weighted by Crippen LogP contribution is -2.22. The fourth-order valence-electron chi connectivity index (χ4n) is 1.77. The molecular formula is C13H16O3. The zero-order valence-electron chi connectivity index (χ0n) is 9.55. The molecule has 0 spiro atoms. The number of benzene rings is 1. The van der Waals surface area contributed by atoms with Gasteiger partial charge in [-0.15, -0.1) is 0 Å². The maximum Gasteiger partial charge on any atom is 0.338 e. The van der Waals surface area contributed by atoms with Crippen molar-refractivity contribution in [2.24, 2.45) is 5.92 Å². The molecule has 1 aromatic rings. The molecular weight excluding hydrogens is 204 g/mol. The highest BCUT2D eigenvalue weighted by atomic mass is 16.8. The van der Waals surface area contributed by atoms with Crippen LogP contribution in [0.1, 0.15) is 19.4 Å². The van der Waals surface area contributed by atoms with Crippen molar-refractivity contribution in [3.05, 3.63) is 35.9 Å². The van der Waals surface area contributed by atoms with Gasteiger partial charge in [-0.25, -0.2) is 4.79 Å². The Kier molecular flexibility index (Phi) is 3.25. The van der Waals surface area contributed by atoms with E-state index < -0.39 is 12.4 Å². The van der Waals surface area contributed by atoms with Crippen molar-refractivity contribution in [1.82, 2.24) is 0 Å². The van der Waals surface area contributed by atoms with Crippen LogP contribution in [0.4, 0.5) is 0 Å². The molecule has 1 aliphatic heterocycles. The SMILES string of the molecule is CC(C)[C@@H]1OC(Cc2ccccc2)OC1=O. The van der Waals surface area contributed by atoms with Gasteiger partial charge >= 0.3 is 5.97 Å². The van der Waals surface area contributed by atoms with E-state index in [1.54, 1.807) is 0 Å². The van der Waals surface area contributed by atoms with Crippen molar-refractivity contribution >= 4 is 5.97 Å². The summed E-state index contributed by atoms with van der Waals surface area (Å²) in [7, 11) is 0. The van der Waals surface area contributed by atoms with Crippen LogP contribution in [0.25, 0.3) is 0 Å². The van der Waals surface area contributed by atoms with Crippen molar-refractivity contribution in [3.63, 3.8) is 0 Å². The van der Waals surface area contributed by atoms with Gasteiger partial charge in [0, 0.05) is 6.42 Å². The van der Waals surface area contributed by atoms with Crippen LogP contribution in [0.5, 0.6) is 0 Å². The average Bonchev–Trinajstić information content (AvgIpc) is 2.61. The van der Waals surface area contributed by atoms with E-state index in [1.807, 2.05) is 44.2 Å². The number of cyclic esters (lactones) is 1. The number of hydrogen-bond acceptors (Lipinski definition) is 3. The Morgan fingerprint density at radius 1 is 1.25 bits per heavy atom. The highest BCUT2D eigenvalue weighted by Gasteiger charge is 2.37. The average molecular weight is 220 g/mol. The fraction of sp³-hybridized carbons (Fsp3) is 0.462. The summed E-state index contributed by atoms with van der Waals surface area (Å²) in [6, 6.07) is 9.89. The van der Waals surface area contributed by atoms with Gasteiger partial charge in [-0.3, -0.25) is 0 Å². The predicted octanol–water partition coefficient (Wildman–Crippen LogP) is 2.15. The lowest BCUT2D eigenvalue weighted by Gasteiger charge is -2.11. The summed E-state index contributed by atoms with van der Waals surface area (Å²) in [5, 5.41) is 0. The van der Waals surface area contributed by atoms with Gasteiger partial charge in [0.05, 0.1) is 0 Å². The number of ether oxygens (including phenoxy) is 2. The minimum atomic E-state index is -0.428. The molecule has 0 bridgehead atoms. The maximum atomic E-state index is 11.5. The third-order valence-electron chi connectivity index (χ3n) is 2.63. The predicted molar refractivity (Wildman–Crippen MR) is 59.7 cm³/mol. The molecule has 16 heavy (non-hydrogen) atoms. The van der Waals surface area contributed by atoms with Crippen LogP contribution in [-0.2, 0) is 20.7 Å². The summed E-state index contributed by atoms with van der Waals surface area (Å²) in [5.41, 5.74) is 1.12. The number of esters is 1. The van der Waals surface area contributed by atoms with E-state index in [2.05, 4.69) is 0 Å². The Hall–Kier alpha value is -1.35. The third kappa shape index (κ3) is 2.42.